The predicted molar refractivity (Wildman–Crippen MR) is 129 cm³/mol. The second kappa shape index (κ2) is 8.64. The molecule has 7 nitrogen and oxygen atoms in total. The Hall–Kier alpha value is -3.03. The number of phenols is 1. The molecule has 0 spiro atoms. The molecule has 0 saturated carbocycles. The fourth-order valence-corrected chi connectivity index (χ4v) is 5.10. The van der Waals surface area contributed by atoms with Crippen LogP contribution in [-0.4, -0.2) is 49.1 Å². The number of carbonyl (C=O) groups excluding carboxylic acids is 2. The van der Waals surface area contributed by atoms with Crippen molar-refractivity contribution in [3.8, 4) is 5.75 Å². The molecule has 34 heavy (non-hydrogen) atoms. The minimum atomic E-state index is -0.163. The molecule has 0 fully saturated rings. The molecule has 1 aromatic heterocycles. The van der Waals surface area contributed by atoms with Crippen molar-refractivity contribution in [3.05, 3.63) is 80.6 Å². The molecule has 0 saturated heterocycles. The second-order valence-corrected chi connectivity index (χ2v) is 9.69. The van der Waals surface area contributed by atoms with Crippen LogP contribution in [0.5, 0.6) is 5.75 Å². The summed E-state index contributed by atoms with van der Waals surface area (Å²) in [5.41, 5.74) is 3.62. The van der Waals surface area contributed by atoms with Gasteiger partial charge in [0.25, 0.3) is 11.8 Å². The van der Waals surface area contributed by atoms with Gasteiger partial charge in [-0.1, -0.05) is 35.3 Å². The number of carbonyl (C=O) groups is 2. The van der Waals surface area contributed by atoms with Gasteiger partial charge in [-0.15, -0.1) is 0 Å². The van der Waals surface area contributed by atoms with Crippen molar-refractivity contribution in [3.63, 3.8) is 0 Å². The summed E-state index contributed by atoms with van der Waals surface area (Å²) in [5, 5.41) is 15.0. The van der Waals surface area contributed by atoms with Crippen molar-refractivity contribution in [2.45, 2.75) is 45.4 Å². The van der Waals surface area contributed by atoms with E-state index in [1.54, 1.807) is 39.9 Å². The lowest BCUT2D eigenvalue weighted by atomic mass is 9.97. The van der Waals surface area contributed by atoms with E-state index in [9.17, 15) is 14.7 Å². The number of rotatable bonds is 3. The number of halogens is 2. The average Bonchev–Trinajstić information content (AvgIpc) is 3.18. The summed E-state index contributed by atoms with van der Waals surface area (Å²) >= 11 is 12.2. The Bertz CT molecular complexity index is 1290. The number of aromatic hydroxyl groups is 1. The Morgan fingerprint density at radius 3 is 2.56 bits per heavy atom. The van der Waals surface area contributed by atoms with Gasteiger partial charge in [0.15, 0.2) is 0 Å². The van der Waals surface area contributed by atoms with Crippen LogP contribution < -0.4 is 0 Å². The normalized spacial score (nSPS) is 18.5. The maximum absolute atomic E-state index is 13.6. The van der Waals surface area contributed by atoms with E-state index in [4.69, 9.17) is 28.3 Å². The van der Waals surface area contributed by atoms with Gasteiger partial charge >= 0.3 is 0 Å². The SMILES string of the molecule is C[C@@H]1Cc2nn3c(c2CN1C(=O)c1ccc(Cl)c(Cl)c1)C(=O)N([C@H](C)c1ccc(O)cc1)CC3. The number of amides is 2. The second-order valence-electron chi connectivity index (χ2n) is 8.88. The van der Waals surface area contributed by atoms with Crippen LogP contribution in [0.4, 0.5) is 0 Å². The van der Waals surface area contributed by atoms with Gasteiger partial charge in [-0.3, -0.25) is 14.3 Å². The van der Waals surface area contributed by atoms with Crippen LogP contribution in [0.25, 0.3) is 0 Å². The summed E-state index contributed by atoms with van der Waals surface area (Å²) in [6.07, 6.45) is 0.573. The Morgan fingerprint density at radius 1 is 1.12 bits per heavy atom. The third-order valence-corrected chi connectivity index (χ3v) is 7.51. The van der Waals surface area contributed by atoms with E-state index in [-0.39, 0.29) is 29.6 Å². The van der Waals surface area contributed by atoms with Crippen LogP contribution in [0.3, 0.4) is 0 Å². The summed E-state index contributed by atoms with van der Waals surface area (Å²) in [6, 6.07) is 11.5. The van der Waals surface area contributed by atoms with Crippen molar-refractivity contribution >= 4 is 35.0 Å². The zero-order valence-corrected chi connectivity index (χ0v) is 20.3. The molecule has 2 aromatic carbocycles. The average molecular weight is 499 g/mol. The van der Waals surface area contributed by atoms with Gasteiger partial charge in [0.2, 0.25) is 0 Å². The Labute approximate surface area is 207 Å². The van der Waals surface area contributed by atoms with E-state index in [2.05, 4.69) is 0 Å². The van der Waals surface area contributed by atoms with Gasteiger partial charge in [-0.05, 0) is 49.7 Å². The monoisotopic (exact) mass is 498 g/mol. The van der Waals surface area contributed by atoms with Gasteiger partial charge in [0.05, 0.1) is 34.9 Å². The van der Waals surface area contributed by atoms with Crippen molar-refractivity contribution in [1.82, 2.24) is 19.6 Å². The van der Waals surface area contributed by atoms with Gasteiger partial charge in [-0.2, -0.15) is 5.10 Å². The Morgan fingerprint density at radius 2 is 1.85 bits per heavy atom. The first-order chi connectivity index (χ1) is 16.2. The van der Waals surface area contributed by atoms with Crippen LogP contribution in [-0.2, 0) is 19.5 Å². The van der Waals surface area contributed by atoms with Crippen molar-refractivity contribution in [2.24, 2.45) is 0 Å². The quantitative estimate of drug-likeness (QED) is 0.567. The third kappa shape index (κ3) is 3.83. The van der Waals surface area contributed by atoms with Crippen LogP contribution in [0.2, 0.25) is 10.0 Å². The molecule has 2 aliphatic heterocycles. The van der Waals surface area contributed by atoms with E-state index < -0.39 is 0 Å². The van der Waals surface area contributed by atoms with Crippen LogP contribution in [0.15, 0.2) is 42.5 Å². The number of hydrogen-bond acceptors (Lipinski definition) is 4. The highest BCUT2D eigenvalue weighted by Crippen LogP contribution is 2.33. The topological polar surface area (TPSA) is 78.7 Å². The number of benzene rings is 2. The van der Waals surface area contributed by atoms with E-state index in [0.29, 0.717) is 47.4 Å². The largest absolute Gasteiger partial charge is 0.508 e. The lowest BCUT2D eigenvalue weighted by Gasteiger charge is -2.35. The molecular weight excluding hydrogens is 475 g/mol. The minimum absolute atomic E-state index is 0.0754. The van der Waals surface area contributed by atoms with Crippen molar-refractivity contribution in [2.75, 3.05) is 6.54 Å². The molecule has 0 aliphatic carbocycles. The van der Waals surface area contributed by atoms with E-state index in [0.717, 1.165) is 16.8 Å². The summed E-state index contributed by atoms with van der Waals surface area (Å²) in [6.45, 7) is 5.39. The molecule has 176 valence electrons. The van der Waals surface area contributed by atoms with E-state index in [1.165, 1.54) is 0 Å². The lowest BCUT2D eigenvalue weighted by molar-refractivity contribution is 0.0605. The maximum atomic E-state index is 13.6. The molecule has 5 rings (SSSR count). The molecule has 0 unspecified atom stereocenters. The molecule has 0 radical (unpaired) electrons. The molecule has 0 bridgehead atoms. The summed E-state index contributed by atoms with van der Waals surface area (Å²) in [4.78, 5) is 30.5. The summed E-state index contributed by atoms with van der Waals surface area (Å²) in [7, 11) is 0. The van der Waals surface area contributed by atoms with E-state index >= 15 is 0 Å². The molecule has 3 heterocycles. The highest BCUT2D eigenvalue weighted by Gasteiger charge is 2.38. The van der Waals surface area contributed by atoms with Gasteiger partial charge in [0.1, 0.15) is 11.4 Å². The number of hydrogen-bond donors (Lipinski definition) is 1. The first-order valence-corrected chi connectivity index (χ1v) is 11.9. The fraction of sp³-hybridized carbons (Fsp3) is 0.320. The fourth-order valence-electron chi connectivity index (χ4n) is 4.81. The van der Waals surface area contributed by atoms with Crippen LogP contribution >= 0.6 is 23.2 Å². The standard InChI is InChI=1S/C25H24Cl2N4O3/c1-14-11-22-19(13-30(14)24(33)17-5-8-20(26)21(27)12-17)23-25(34)29(9-10-31(23)28-22)15(2)16-3-6-18(32)7-4-16/h3-8,12,14-15,32H,9-11,13H2,1-2H3/t14-,15-/m1/s1. The van der Waals surface area contributed by atoms with Crippen LogP contribution in [0, 0.1) is 0 Å². The highest BCUT2D eigenvalue weighted by atomic mass is 35.5. The first kappa shape index (κ1) is 22.7. The highest BCUT2D eigenvalue weighted by molar-refractivity contribution is 6.42. The molecule has 2 atom stereocenters. The minimum Gasteiger partial charge on any atom is -0.508 e. The third-order valence-electron chi connectivity index (χ3n) is 6.77. The number of fused-ring (bicyclic) bond motifs is 3. The molecule has 2 amide bonds. The van der Waals surface area contributed by atoms with Crippen molar-refractivity contribution in [1.29, 1.82) is 0 Å². The number of nitrogens with zero attached hydrogens (tertiary/aromatic N) is 4. The number of phenolic OH excluding ortho intramolecular Hbond substituents is 1. The summed E-state index contributed by atoms with van der Waals surface area (Å²) < 4.78 is 1.78. The predicted octanol–water partition coefficient (Wildman–Crippen LogP) is 4.70. The Kier molecular flexibility index (Phi) is 5.78. The van der Waals surface area contributed by atoms with Gasteiger partial charge < -0.3 is 14.9 Å². The first-order valence-electron chi connectivity index (χ1n) is 11.2. The molecule has 2 aliphatic rings. The zero-order valence-electron chi connectivity index (χ0n) is 18.8. The number of aromatic nitrogens is 2. The van der Waals surface area contributed by atoms with Gasteiger partial charge in [-0.25, -0.2) is 0 Å². The smallest absolute Gasteiger partial charge is 0.273 e. The van der Waals surface area contributed by atoms with Crippen LogP contribution in [0.1, 0.15) is 57.6 Å². The molecular formula is C25H24Cl2N4O3. The van der Waals surface area contributed by atoms with Crippen molar-refractivity contribution < 1.29 is 14.7 Å². The molecule has 9 heteroatoms. The summed E-state index contributed by atoms with van der Waals surface area (Å²) in [5.74, 6) is -0.0692. The van der Waals surface area contributed by atoms with Gasteiger partial charge in [0, 0.05) is 30.1 Å². The zero-order chi connectivity index (χ0) is 24.1. The molecule has 1 N–H and O–H groups in total. The maximum Gasteiger partial charge on any atom is 0.273 e. The van der Waals surface area contributed by atoms with E-state index in [1.807, 2.05) is 30.9 Å². The Balaban J connectivity index is 1.44. The lowest BCUT2D eigenvalue weighted by Crippen LogP contribution is -2.44. The molecule has 3 aromatic rings.